The monoisotopic (exact) mass is 339 g/mol. The van der Waals surface area contributed by atoms with Crippen molar-refractivity contribution >= 4 is 11.7 Å². The topological polar surface area (TPSA) is 44.8 Å². The number of nitrogens with one attached hydrogen (secondary N) is 1. The minimum atomic E-state index is -0.0868. The van der Waals surface area contributed by atoms with Crippen LogP contribution >= 0.6 is 0 Å². The Balaban J connectivity index is 1.47. The van der Waals surface area contributed by atoms with E-state index in [1.807, 2.05) is 32.3 Å². The summed E-state index contributed by atoms with van der Waals surface area (Å²) < 4.78 is 5.85. The van der Waals surface area contributed by atoms with Crippen molar-refractivity contribution in [3.63, 3.8) is 0 Å². The first-order valence-electron chi connectivity index (χ1n) is 8.52. The Hall–Kier alpha value is -2.69. The van der Waals surface area contributed by atoms with E-state index in [9.17, 15) is 4.79 Å². The molecule has 1 N–H and O–H groups in total. The quantitative estimate of drug-likeness (QED) is 0.911. The molecule has 1 atom stereocenters. The molecule has 1 heterocycles. The predicted molar refractivity (Wildman–Crippen MR) is 100 cm³/mol. The number of para-hydroxylation sites is 1. The van der Waals surface area contributed by atoms with Gasteiger partial charge in [0.25, 0.3) is 0 Å². The molecule has 1 unspecified atom stereocenters. The number of carbonyl (C=O) groups excluding carboxylic acids is 1. The van der Waals surface area contributed by atoms with Crippen LogP contribution in [0.1, 0.15) is 11.1 Å². The molecular formula is C20H25N3O2. The van der Waals surface area contributed by atoms with Gasteiger partial charge in [0, 0.05) is 39.8 Å². The highest BCUT2D eigenvalue weighted by molar-refractivity contribution is 5.73. The lowest BCUT2D eigenvalue weighted by molar-refractivity contribution is 0.191. The normalized spacial score (nSPS) is 15.2. The lowest BCUT2D eigenvalue weighted by Gasteiger charge is -2.20. The number of fused-ring (bicyclic) bond motifs is 1. The zero-order valence-electron chi connectivity index (χ0n) is 15.0. The summed E-state index contributed by atoms with van der Waals surface area (Å²) in [6, 6.07) is 16.2. The van der Waals surface area contributed by atoms with Gasteiger partial charge in [-0.1, -0.05) is 30.3 Å². The van der Waals surface area contributed by atoms with Gasteiger partial charge in [-0.25, -0.2) is 4.79 Å². The predicted octanol–water partition coefficient (Wildman–Crippen LogP) is 2.90. The molecule has 0 aromatic heterocycles. The number of ether oxygens (including phenoxy) is 1. The van der Waals surface area contributed by atoms with E-state index in [1.165, 1.54) is 5.56 Å². The van der Waals surface area contributed by atoms with E-state index in [4.69, 9.17) is 4.74 Å². The second kappa shape index (κ2) is 7.47. The van der Waals surface area contributed by atoms with Gasteiger partial charge in [0.2, 0.25) is 0 Å². The summed E-state index contributed by atoms with van der Waals surface area (Å²) >= 11 is 0. The maximum Gasteiger partial charge on any atom is 0.317 e. The highest BCUT2D eigenvalue weighted by Gasteiger charge is 2.23. The van der Waals surface area contributed by atoms with Gasteiger partial charge in [-0.3, -0.25) is 0 Å². The van der Waals surface area contributed by atoms with Gasteiger partial charge in [-0.05, 0) is 29.3 Å². The Kier molecular flexibility index (Phi) is 5.12. The number of rotatable bonds is 5. The average Bonchev–Trinajstić information content (AvgIpc) is 3.03. The van der Waals surface area contributed by atoms with Crippen molar-refractivity contribution in [3.8, 4) is 5.75 Å². The molecule has 25 heavy (non-hydrogen) atoms. The Labute approximate surface area is 149 Å². The van der Waals surface area contributed by atoms with Gasteiger partial charge in [-0.15, -0.1) is 0 Å². The molecule has 0 saturated heterocycles. The second-order valence-electron chi connectivity index (χ2n) is 6.65. The largest absolute Gasteiger partial charge is 0.488 e. The minimum absolute atomic E-state index is 0.00845. The molecule has 0 bridgehead atoms. The summed E-state index contributed by atoms with van der Waals surface area (Å²) in [6.45, 7) is 1.09. The van der Waals surface area contributed by atoms with E-state index in [2.05, 4.69) is 40.5 Å². The highest BCUT2D eigenvalue weighted by Crippen LogP contribution is 2.27. The molecule has 0 radical (unpaired) electrons. The fourth-order valence-corrected chi connectivity index (χ4v) is 2.95. The Morgan fingerprint density at radius 1 is 1.12 bits per heavy atom. The fourth-order valence-electron chi connectivity index (χ4n) is 2.95. The van der Waals surface area contributed by atoms with Gasteiger partial charge < -0.3 is 19.9 Å². The van der Waals surface area contributed by atoms with Crippen molar-refractivity contribution in [1.82, 2.24) is 10.2 Å². The number of benzene rings is 2. The van der Waals surface area contributed by atoms with E-state index in [0.29, 0.717) is 13.1 Å². The van der Waals surface area contributed by atoms with Crippen molar-refractivity contribution < 1.29 is 9.53 Å². The standard InChI is InChI=1S/C20H25N3O2/c1-22(2)17-10-8-15(9-11-17)14-23(3)20(24)21-13-18-12-16-6-4-5-7-19(16)25-18/h4-11,18H,12-14H2,1-3H3,(H,21,24). The molecule has 0 fully saturated rings. The van der Waals surface area contributed by atoms with Crippen LogP contribution in [0.4, 0.5) is 10.5 Å². The van der Waals surface area contributed by atoms with Crippen LogP contribution in [-0.2, 0) is 13.0 Å². The number of nitrogens with zero attached hydrogens (tertiary/aromatic N) is 2. The van der Waals surface area contributed by atoms with Gasteiger partial charge in [-0.2, -0.15) is 0 Å². The molecule has 2 amide bonds. The first kappa shape index (κ1) is 17.1. The minimum Gasteiger partial charge on any atom is -0.488 e. The molecular weight excluding hydrogens is 314 g/mol. The first-order valence-corrected chi connectivity index (χ1v) is 8.52. The third kappa shape index (κ3) is 4.24. The van der Waals surface area contributed by atoms with Crippen molar-refractivity contribution in [2.45, 2.75) is 19.1 Å². The maximum atomic E-state index is 12.3. The van der Waals surface area contributed by atoms with E-state index in [0.717, 1.165) is 23.4 Å². The van der Waals surface area contributed by atoms with Crippen LogP contribution in [0.25, 0.3) is 0 Å². The molecule has 2 aromatic rings. The van der Waals surface area contributed by atoms with Crippen LogP contribution in [0.2, 0.25) is 0 Å². The second-order valence-corrected chi connectivity index (χ2v) is 6.65. The highest BCUT2D eigenvalue weighted by atomic mass is 16.5. The van der Waals surface area contributed by atoms with E-state index >= 15 is 0 Å². The van der Waals surface area contributed by atoms with Crippen LogP contribution in [0, 0.1) is 0 Å². The number of anilines is 1. The molecule has 1 aliphatic rings. The Morgan fingerprint density at radius 3 is 2.52 bits per heavy atom. The number of hydrogen-bond acceptors (Lipinski definition) is 3. The van der Waals surface area contributed by atoms with Crippen LogP contribution in [0.3, 0.4) is 0 Å². The molecule has 0 spiro atoms. The number of amides is 2. The van der Waals surface area contributed by atoms with Crippen molar-refractivity contribution in [3.05, 3.63) is 59.7 Å². The molecule has 1 aliphatic heterocycles. The maximum absolute atomic E-state index is 12.3. The van der Waals surface area contributed by atoms with E-state index in [-0.39, 0.29) is 12.1 Å². The van der Waals surface area contributed by atoms with Gasteiger partial charge in [0.15, 0.2) is 0 Å². The van der Waals surface area contributed by atoms with Crippen LogP contribution in [0.5, 0.6) is 5.75 Å². The molecule has 5 heteroatoms. The van der Waals surface area contributed by atoms with Crippen LogP contribution in [-0.4, -0.2) is 44.7 Å². The lowest BCUT2D eigenvalue weighted by atomic mass is 10.1. The van der Waals surface area contributed by atoms with Gasteiger partial charge in [0.05, 0.1) is 6.54 Å². The van der Waals surface area contributed by atoms with Gasteiger partial charge in [0.1, 0.15) is 11.9 Å². The Bertz CT molecular complexity index is 703. The van der Waals surface area contributed by atoms with Crippen molar-refractivity contribution in [1.29, 1.82) is 0 Å². The average molecular weight is 339 g/mol. The summed E-state index contributed by atoms with van der Waals surface area (Å²) in [7, 11) is 5.83. The summed E-state index contributed by atoms with van der Waals surface area (Å²) in [5.41, 5.74) is 3.46. The molecule has 5 nitrogen and oxygen atoms in total. The molecule has 0 aliphatic carbocycles. The fraction of sp³-hybridized carbons (Fsp3) is 0.350. The number of carbonyl (C=O) groups is 1. The summed E-state index contributed by atoms with van der Waals surface area (Å²) in [5.74, 6) is 0.927. The lowest BCUT2D eigenvalue weighted by Crippen LogP contribution is -2.41. The van der Waals surface area contributed by atoms with Crippen molar-refractivity contribution in [2.24, 2.45) is 0 Å². The third-order valence-corrected chi connectivity index (χ3v) is 4.41. The van der Waals surface area contributed by atoms with Crippen LogP contribution in [0.15, 0.2) is 48.5 Å². The zero-order valence-corrected chi connectivity index (χ0v) is 15.0. The molecule has 0 saturated carbocycles. The first-order chi connectivity index (χ1) is 12.0. The van der Waals surface area contributed by atoms with Gasteiger partial charge >= 0.3 is 6.03 Å². The number of hydrogen-bond donors (Lipinski definition) is 1. The Morgan fingerprint density at radius 2 is 1.84 bits per heavy atom. The van der Waals surface area contributed by atoms with E-state index < -0.39 is 0 Å². The van der Waals surface area contributed by atoms with Crippen molar-refractivity contribution in [2.75, 3.05) is 32.6 Å². The molecule has 132 valence electrons. The van der Waals surface area contributed by atoms with Crippen LogP contribution < -0.4 is 15.0 Å². The number of urea groups is 1. The summed E-state index contributed by atoms with van der Waals surface area (Å²) in [4.78, 5) is 16.0. The molecule has 3 rings (SSSR count). The summed E-state index contributed by atoms with van der Waals surface area (Å²) in [5, 5.41) is 2.96. The summed E-state index contributed by atoms with van der Waals surface area (Å²) in [6.07, 6.45) is 0.848. The molecule has 2 aromatic carbocycles. The third-order valence-electron chi connectivity index (χ3n) is 4.41. The van der Waals surface area contributed by atoms with E-state index in [1.54, 1.807) is 11.9 Å². The SMILES string of the molecule is CN(Cc1ccc(N(C)C)cc1)C(=O)NCC1Cc2ccccc2O1. The smallest absolute Gasteiger partial charge is 0.317 e. The zero-order chi connectivity index (χ0) is 17.8.